The molecule has 0 aliphatic rings. The topological polar surface area (TPSA) is 78.3 Å². The summed E-state index contributed by atoms with van der Waals surface area (Å²) in [5.74, 6) is 0.318. The summed E-state index contributed by atoms with van der Waals surface area (Å²) in [4.78, 5) is 11.6. The van der Waals surface area contributed by atoms with Crippen LogP contribution in [-0.4, -0.2) is 18.9 Å². The Bertz CT molecular complexity index is 348. The summed E-state index contributed by atoms with van der Waals surface area (Å²) in [5.41, 5.74) is 12.0. The first-order chi connectivity index (χ1) is 6.57. The first-order valence-corrected chi connectivity index (χ1v) is 4.30. The highest BCUT2D eigenvalue weighted by Crippen LogP contribution is 2.25. The average molecular weight is 194 g/mol. The van der Waals surface area contributed by atoms with E-state index >= 15 is 0 Å². The SMILES string of the molecule is COc1cccc(C(=O)C(C)N)c1N. The second kappa shape index (κ2) is 4.11. The molecule has 76 valence electrons. The number of nitrogens with two attached hydrogens (primary N) is 2. The van der Waals surface area contributed by atoms with E-state index in [0.29, 0.717) is 17.0 Å². The van der Waals surface area contributed by atoms with Crippen LogP contribution >= 0.6 is 0 Å². The van der Waals surface area contributed by atoms with Gasteiger partial charge < -0.3 is 16.2 Å². The molecule has 1 unspecified atom stereocenters. The van der Waals surface area contributed by atoms with Crippen LogP contribution in [0.2, 0.25) is 0 Å². The predicted molar refractivity (Wildman–Crippen MR) is 55.4 cm³/mol. The van der Waals surface area contributed by atoms with Gasteiger partial charge in [0.2, 0.25) is 0 Å². The number of anilines is 1. The molecule has 4 nitrogen and oxygen atoms in total. The number of methoxy groups -OCH3 is 1. The van der Waals surface area contributed by atoms with Crippen molar-refractivity contribution in [3.05, 3.63) is 23.8 Å². The number of para-hydroxylation sites is 1. The number of benzene rings is 1. The predicted octanol–water partition coefficient (Wildman–Crippen LogP) is 0.807. The Morgan fingerprint density at radius 2 is 2.14 bits per heavy atom. The van der Waals surface area contributed by atoms with Crippen LogP contribution in [0.3, 0.4) is 0 Å². The highest BCUT2D eigenvalue weighted by Gasteiger charge is 2.15. The van der Waals surface area contributed by atoms with E-state index in [1.54, 1.807) is 25.1 Å². The highest BCUT2D eigenvalue weighted by molar-refractivity contribution is 6.04. The lowest BCUT2D eigenvalue weighted by Crippen LogP contribution is -2.27. The highest BCUT2D eigenvalue weighted by atomic mass is 16.5. The van der Waals surface area contributed by atoms with Crippen molar-refractivity contribution in [1.29, 1.82) is 0 Å². The Balaban J connectivity index is 3.16. The molecular formula is C10H14N2O2. The molecule has 1 rings (SSSR count). The third kappa shape index (κ3) is 1.85. The lowest BCUT2D eigenvalue weighted by molar-refractivity contribution is 0.0968. The molecule has 1 atom stereocenters. The van der Waals surface area contributed by atoms with Crippen molar-refractivity contribution in [3.8, 4) is 5.75 Å². The van der Waals surface area contributed by atoms with Gasteiger partial charge in [0, 0.05) is 5.56 Å². The maximum Gasteiger partial charge on any atom is 0.181 e. The second-order valence-corrected chi connectivity index (χ2v) is 3.07. The van der Waals surface area contributed by atoms with Crippen LogP contribution in [-0.2, 0) is 0 Å². The summed E-state index contributed by atoms with van der Waals surface area (Å²) >= 11 is 0. The van der Waals surface area contributed by atoms with Crippen molar-refractivity contribution < 1.29 is 9.53 Å². The maximum atomic E-state index is 11.6. The zero-order valence-electron chi connectivity index (χ0n) is 8.28. The van der Waals surface area contributed by atoms with Crippen LogP contribution < -0.4 is 16.2 Å². The first kappa shape index (κ1) is 10.5. The number of carbonyl (C=O) groups excluding carboxylic acids is 1. The van der Waals surface area contributed by atoms with Crippen molar-refractivity contribution in [1.82, 2.24) is 0 Å². The molecule has 0 radical (unpaired) electrons. The molecule has 0 aromatic heterocycles. The van der Waals surface area contributed by atoms with Gasteiger partial charge in [-0.1, -0.05) is 6.07 Å². The summed E-state index contributed by atoms with van der Waals surface area (Å²) in [6, 6.07) is 4.51. The molecule has 1 aromatic rings. The molecule has 0 bridgehead atoms. The van der Waals surface area contributed by atoms with Crippen LogP contribution in [0.15, 0.2) is 18.2 Å². The molecule has 4 N–H and O–H groups in total. The molecule has 0 saturated carbocycles. The number of carbonyl (C=O) groups is 1. The maximum absolute atomic E-state index is 11.6. The minimum atomic E-state index is -0.551. The van der Waals surface area contributed by atoms with Crippen molar-refractivity contribution >= 4 is 11.5 Å². The van der Waals surface area contributed by atoms with Crippen LogP contribution in [0, 0.1) is 0 Å². The van der Waals surface area contributed by atoms with E-state index in [9.17, 15) is 4.79 Å². The fraction of sp³-hybridized carbons (Fsp3) is 0.300. The molecule has 0 amide bonds. The van der Waals surface area contributed by atoms with Gasteiger partial charge in [-0.05, 0) is 19.1 Å². The van der Waals surface area contributed by atoms with Gasteiger partial charge in [-0.15, -0.1) is 0 Å². The zero-order chi connectivity index (χ0) is 10.7. The smallest absolute Gasteiger partial charge is 0.181 e. The van der Waals surface area contributed by atoms with E-state index in [1.807, 2.05) is 0 Å². The zero-order valence-corrected chi connectivity index (χ0v) is 8.28. The van der Waals surface area contributed by atoms with E-state index in [-0.39, 0.29) is 5.78 Å². The molecule has 0 aliphatic heterocycles. The number of ketones is 1. The summed E-state index contributed by atoms with van der Waals surface area (Å²) < 4.78 is 5.00. The van der Waals surface area contributed by atoms with Crippen LogP contribution in [0.25, 0.3) is 0 Å². The van der Waals surface area contributed by atoms with Gasteiger partial charge in [0.1, 0.15) is 5.75 Å². The van der Waals surface area contributed by atoms with Crippen molar-refractivity contribution in [2.75, 3.05) is 12.8 Å². The monoisotopic (exact) mass is 194 g/mol. The molecule has 0 heterocycles. The Morgan fingerprint density at radius 3 is 2.64 bits per heavy atom. The number of nitrogen functional groups attached to an aromatic ring is 1. The Kier molecular flexibility index (Phi) is 3.09. The summed E-state index contributed by atoms with van der Waals surface area (Å²) in [6.07, 6.45) is 0. The molecule has 14 heavy (non-hydrogen) atoms. The molecule has 0 aliphatic carbocycles. The van der Waals surface area contributed by atoms with E-state index in [1.165, 1.54) is 7.11 Å². The fourth-order valence-electron chi connectivity index (χ4n) is 1.18. The van der Waals surface area contributed by atoms with Crippen molar-refractivity contribution in [2.45, 2.75) is 13.0 Å². The van der Waals surface area contributed by atoms with E-state index < -0.39 is 6.04 Å². The van der Waals surface area contributed by atoms with Crippen LogP contribution in [0.4, 0.5) is 5.69 Å². The van der Waals surface area contributed by atoms with E-state index in [0.717, 1.165) is 0 Å². The normalized spacial score (nSPS) is 12.2. The minimum absolute atomic E-state index is 0.179. The lowest BCUT2D eigenvalue weighted by Gasteiger charge is -2.10. The Hall–Kier alpha value is -1.55. The molecule has 4 heteroatoms. The third-order valence-corrected chi connectivity index (χ3v) is 1.97. The average Bonchev–Trinajstić information content (AvgIpc) is 2.17. The van der Waals surface area contributed by atoms with Gasteiger partial charge in [0.15, 0.2) is 5.78 Å². The van der Waals surface area contributed by atoms with Gasteiger partial charge in [-0.3, -0.25) is 4.79 Å². The molecule has 1 aromatic carbocycles. The van der Waals surface area contributed by atoms with Gasteiger partial charge >= 0.3 is 0 Å². The first-order valence-electron chi connectivity index (χ1n) is 4.30. The van der Waals surface area contributed by atoms with Gasteiger partial charge in [0.25, 0.3) is 0 Å². The molecule has 0 fully saturated rings. The molecular weight excluding hydrogens is 180 g/mol. The molecule has 0 saturated heterocycles. The van der Waals surface area contributed by atoms with Crippen LogP contribution in [0.1, 0.15) is 17.3 Å². The van der Waals surface area contributed by atoms with Crippen molar-refractivity contribution in [2.24, 2.45) is 5.73 Å². The standard InChI is InChI=1S/C10H14N2O2/c1-6(11)10(13)7-4-3-5-8(14-2)9(7)12/h3-6H,11-12H2,1-2H3. The largest absolute Gasteiger partial charge is 0.495 e. The number of Topliss-reactive ketones (excluding diaryl/α,β-unsaturated/α-hetero) is 1. The van der Waals surface area contributed by atoms with Gasteiger partial charge in [0.05, 0.1) is 18.8 Å². The quantitative estimate of drug-likeness (QED) is 0.551. The molecule has 0 spiro atoms. The summed E-state index contributed by atoms with van der Waals surface area (Å²) in [7, 11) is 1.51. The number of rotatable bonds is 3. The van der Waals surface area contributed by atoms with Gasteiger partial charge in [-0.2, -0.15) is 0 Å². The second-order valence-electron chi connectivity index (χ2n) is 3.07. The Morgan fingerprint density at radius 1 is 1.50 bits per heavy atom. The fourth-order valence-corrected chi connectivity index (χ4v) is 1.18. The van der Waals surface area contributed by atoms with Crippen molar-refractivity contribution in [3.63, 3.8) is 0 Å². The summed E-state index contributed by atoms with van der Waals surface area (Å²) in [6.45, 7) is 1.63. The Labute approximate surface area is 82.8 Å². The van der Waals surface area contributed by atoms with Gasteiger partial charge in [-0.25, -0.2) is 0 Å². The van der Waals surface area contributed by atoms with Crippen LogP contribution in [0.5, 0.6) is 5.75 Å². The number of hydrogen-bond acceptors (Lipinski definition) is 4. The third-order valence-electron chi connectivity index (χ3n) is 1.97. The van der Waals surface area contributed by atoms with E-state index in [2.05, 4.69) is 0 Å². The number of hydrogen-bond donors (Lipinski definition) is 2. The summed E-state index contributed by atoms with van der Waals surface area (Å²) in [5, 5.41) is 0. The lowest BCUT2D eigenvalue weighted by atomic mass is 10.0. The number of ether oxygens (including phenoxy) is 1. The van der Waals surface area contributed by atoms with E-state index in [4.69, 9.17) is 16.2 Å². The minimum Gasteiger partial charge on any atom is -0.495 e.